The molecule has 2 aromatic rings. The van der Waals surface area contributed by atoms with E-state index >= 15 is 0 Å². The summed E-state index contributed by atoms with van der Waals surface area (Å²) >= 11 is 0. The SMILES string of the molecule is CC(C)(O)CNc1nc2ccc(N)cc2c(=O)[nH]1. The van der Waals surface area contributed by atoms with Gasteiger partial charge in [0.05, 0.1) is 16.5 Å². The highest BCUT2D eigenvalue weighted by atomic mass is 16.3. The highest BCUT2D eigenvalue weighted by Gasteiger charge is 2.12. The first-order valence-electron chi connectivity index (χ1n) is 5.61. The van der Waals surface area contributed by atoms with Crippen LogP contribution in [0, 0.1) is 0 Å². The predicted octanol–water partition coefficient (Wildman–Crippen LogP) is 0.688. The molecule has 0 aliphatic heterocycles. The van der Waals surface area contributed by atoms with E-state index in [2.05, 4.69) is 15.3 Å². The van der Waals surface area contributed by atoms with Crippen LogP contribution in [-0.2, 0) is 0 Å². The van der Waals surface area contributed by atoms with Gasteiger partial charge in [0.1, 0.15) is 0 Å². The molecule has 5 N–H and O–H groups in total. The summed E-state index contributed by atoms with van der Waals surface area (Å²) < 4.78 is 0. The molecule has 6 nitrogen and oxygen atoms in total. The van der Waals surface area contributed by atoms with Crippen LogP contribution in [0.1, 0.15) is 13.8 Å². The summed E-state index contributed by atoms with van der Waals surface area (Å²) in [5, 5.41) is 12.9. The number of hydrogen-bond donors (Lipinski definition) is 4. The molecule has 96 valence electrons. The highest BCUT2D eigenvalue weighted by Crippen LogP contribution is 2.13. The number of aromatic nitrogens is 2. The summed E-state index contributed by atoms with van der Waals surface area (Å²) in [5.41, 5.74) is 5.56. The van der Waals surface area contributed by atoms with E-state index in [1.165, 1.54) is 0 Å². The number of anilines is 2. The maximum atomic E-state index is 11.8. The van der Waals surface area contributed by atoms with Gasteiger partial charge in [0, 0.05) is 12.2 Å². The van der Waals surface area contributed by atoms with E-state index < -0.39 is 5.60 Å². The first-order valence-corrected chi connectivity index (χ1v) is 5.61. The Morgan fingerprint density at radius 2 is 2.22 bits per heavy atom. The third kappa shape index (κ3) is 2.78. The zero-order valence-corrected chi connectivity index (χ0v) is 10.3. The Bertz CT molecular complexity index is 628. The van der Waals surface area contributed by atoms with Crippen molar-refractivity contribution in [3.05, 3.63) is 28.6 Å². The number of nitrogens with one attached hydrogen (secondary N) is 2. The van der Waals surface area contributed by atoms with E-state index in [1.807, 2.05) is 0 Å². The molecule has 1 heterocycles. The number of hydrogen-bond acceptors (Lipinski definition) is 5. The second kappa shape index (κ2) is 4.30. The molecule has 6 heteroatoms. The average Bonchev–Trinajstić information content (AvgIpc) is 2.26. The lowest BCUT2D eigenvalue weighted by Crippen LogP contribution is -2.30. The van der Waals surface area contributed by atoms with Crippen molar-refractivity contribution >= 4 is 22.5 Å². The summed E-state index contributed by atoms with van der Waals surface area (Å²) in [5.74, 6) is 0.333. The number of H-pyrrole nitrogens is 1. The van der Waals surface area contributed by atoms with Crippen LogP contribution in [-0.4, -0.2) is 27.2 Å². The van der Waals surface area contributed by atoms with Crippen LogP contribution in [0.25, 0.3) is 10.9 Å². The molecular weight excluding hydrogens is 232 g/mol. The molecule has 0 aliphatic rings. The Balaban J connectivity index is 2.38. The summed E-state index contributed by atoms with van der Waals surface area (Å²) in [4.78, 5) is 18.7. The van der Waals surface area contributed by atoms with Gasteiger partial charge in [0.15, 0.2) is 0 Å². The van der Waals surface area contributed by atoms with Crippen LogP contribution in [0.15, 0.2) is 23.0 Å². The normalized spacial score (nSPS) is 11.7. The largest absolute Gasteiger partial charge is 0.399 e. The van der Waals surface area contributed by atoms with Gasteiger partial charge < -0.3 is 16.2 Å². The van der Waals surface area contributed by atoms with Crippen molar-refractivity contribution in [1.82, 2.24) is 9.97 Å². The highest BCUT2D eigenvalue weighted by molar-refractivity contribution is 5.81. The molecule has 0 fully saturated rings. The quantitative estimate of drug-likeness (QED) is 0.598. The molecule has 0 atom stereocenters. The van der Waals surface area contributed by atoms with E-state index in [9.17, 15) is 9.90 Å². The second-order valence-electron chi connectivity index (χ2n) is 4.86. The minimum atomic E-state index is -0.880. The number of nitrogens with zero attached hydrogens (tertiary/aromatic N) is 1. The Hall–Kier alpha value is -2.08. The fourth-order valence-corrected chi connectivity index (χ4v) is 1.54. The van der Waals surface area contributed by atoms with Crippen LogP contribution in [0.4, 0.5) is 11.6 Å². The van der Waals surface area contributed by atoms with Crippen molar-refractivity contribution in [2.45, 2.75) is 19.4 Å². The van der Waals surface area contributed by atoms with E-state index in [-0.39, 0.29) is 12.1 Å². The number of nitrogens with two attached hydrogens (primary N) is 1. The summed E-state index contributed by atoms with van der Waals surface area (Å²) in [6.45, 7) is 3.62. The fraction of sp³-hybridized carbons (Fsp3) is 0.333. The van der Waals surface area contributed by atoms with Gasteiger partial charge in [-0.15, -0.1) is 0 Å². The molecule has 0 saturated carbocycles. The fourth-order valence-electron chi connectivity index (χ4n) is 1.54. The number of benzene rings is 1. The van der Waals surface area contributed by atoms with Crippen LogP contribution in [0.2, 0.25) is 0 Å². The van der Waals surface area contributed by atoms with Crippen LogP contribution in [0.3, 0.4) is 0 Å². The molecule has 0 radical (unpaired) electrons. The van der Waals surface area contributed by atoms with Crippen LogP contribution >= 0.6 is 0 Å². The molecule has 0 unspecified atom stereocenters. The van der Waals surface area contributed by atoms with E-state index in [0.717, 1.165) is 0 Å². The van der Waals surface area contributed by atoms with E-state index in [1.54, 1.807) is 32.0 Å². The van der Waals surface area contributed by atoms with Gasteiger partial charge in [-0.05, 0) is 32.0 Å². The topological polar surface area (TPSA) is 104 Å². The Morgan fingerprint density at radius 1 is 1.50 bits per heavy atom. The van der Waals surface area contributed by atoms with E-state index in [4.69, 9.17) is 5.73 Å². The van der Waals surface area contributed by atoms with Crippen molar-refractivity contribution in [2.24, 2.45) is 0 Å². The average molecular weight is 248 g/mol. The Morgan fingerprint density at radius 3 is 2.89 bits per heavy atom. The lowest BCUT2D eigenvalue weighted by atomic mass is 10.1. The molecule has 0 aliphatic carbocycles. The molecule has 0 saturated heterocycles. The number of rotatable bonds is 3. The Labute approximate surface area is 104 Å². The minimum Gasteiger partial charge on any atom is -0.399 e. The number of nitrogen functional groups attached to an aromatic ring is 1. The molecule has 0 amide bonds. The molecule has 2 rings (SSSR count). The van der Waals surface area contributed by atoms with Crippen molar-refractivity contribution in [3.8, 4) is 0 Å². The first kappa shape index (κ1) is 12.4. The lowest BCUT2D eigenvalue weighted by Gasteiger charge is -2.17. The van der Waals surface area contributed by atoms with Gasteiger partial charge >= 0.3 is 0 Å². The molecule has 1 aromatic carbocycles. The summed E-state index contributed by atoms with van der Waals surface area (Å²) in [7, 11) is 0. The summed E-state index contributed by atoms with van der Waals surface area (Å²) in [6, 6.07) is 4.96. The first-order chi connectivity index (χ1) is 8.35. The third-order valence-electron chi connectivity index (χ3n) is 2.42. The van der Waals surface area contributed by atoms with Gasteiger partial charge in [-0.25, -0.2) is 4.98 Å². The molecule has 1 aromatic heterocycles. The van der Waals surface area contributed by atoms with Gasteiger partial charge in [0.25, 0.3) is 5.56 Å². The van der Waals surface area contributed by atoms with Crippen molar-refractivity contribution in [3.63, 3.8) is 0 Å². The third-order valence-corrected chi connectivity index (χ3v) is 2.42. The van der Waals surface area contributed by atoms with Crippen molar-refractivity contribution < 1.29 is 5.11 Å². The molecule has 18 heavy (non-hydrogen) atoms. The maximum absolute atomic E-state index is 11.8. The Kier molecular flexibility index (Phi) is 2.96. The molecule has 0 bridgehead atoms. The standard InChI is InChI=1S/C12H16N4O2/c1-12(2,18)6-14-11-15-9-4-3-7(13)5-8(9)10(17)16-11/h3-5,18H,6,13H2,1-2H3,(H2,14,15,16,17). The zero-order chi connectivity index (χ0) is 13.3. The monoisotopic (exact) mass is 248 g/mol. The van der Waals surface area contributed by atoms with Crippen LogP contribution in [0.5, 0.6) is 0 Å². The van der Waals surface area contributed by atoms with Gasteiger partial charge in [-0.1, -0.05) is 0 Å². The van der Waals surface area contributed by atoms with Crippen LogP contribution < -0.4 is 16.6 Å². The number of fused-ring (bicyclic) bond motifs is 1. The van der Waals surface area contributed by atoms with Gasteiger partial charge in [-0.3, -0.25) is 9.78 Å². The van der Waals surface area contributed by atoms with Gasteiger partial charge in [0.2, 0.25) is 5.95 Å². The molecular formula is C12H16N4O2. The van der Waals surface area contributed by atoms with Gasteiger partial charge in [-0.2, -0.15) is 0 Å². The van der Waals surface area contributed by atoms with E-state index in [0.29, 0.717) is 22.5 Å². The second-order valence-corrected chi connectivity index (χ2v) is 4.86. The molecule has 0 spiro atoms. The maximum Gasteiger partial charge on any atom is 0.260 e. The number of aromatic amines is 1. The number of aliphatic hydroxyl groups is 1. The van der Waals surface area contributed by atoms with Crippen molar-refractivity contribution in [2.75, 3.05) is 17.6 Å². The predicted molar refractivity (Wildman–Crippen MR) is 71.6 cm³/mol. The zero-order valence-electron chi connectivity index (χ0n) is 10.3. The summed E-state index contributed by atoms with van der Waals surface area (Å²) in [6.07, 6.45) is 0. The smallest absolute Gasteiger partial charge is 0.260 e. The van der Waals surface area contributed by atoms with Crippen molar-refractivity contribution in [1.29, 1.82) is 0 Å². The minimum absolute atomic E-state index is 0.259. The lowest BCUT2D eigenvalue weighted by molar-refractivity contribution is 0.0943.